The summed E-state index contributed by atoms with van der Waals surface area (Å²) in [5.41, 5.74) is 2.86. The van der Waals surface area contributed by atoms with E-state index in [0.29, 0.717) is 0 Å². The number of hydrogen-bond donors (Lipinski definition) is 0. The highest BCUT2D eigenvalue weighted by Gasteiger charge is 2.29. The van der Waals surface area contributed by atoms with Gasteiger partial charge in [-0.25, -0.2) is 4.98 Å². The zero-order valence-electron chi connectivity index (χ0n) is 12.5. The number of rotatable bonds is 2. The first kappa shape index (κ1) is 14.5. The van der Waals surface area contributed by atoms with E-state index in [2.05, 4.69) is 31.5 Å². The van der Waals surface area contributed by atoms with Crippen LogP contribution in [0.1, 0.15) is 22.8 Å². The van der Waals surface area contributed by atoms with Gasteiger partial charge in [-0.2, -0.15) is 0 Å². The number of para-hydroxylation sites is 2. The van der Waals surface area contributed by atoms with Gasteiger partial charge in [0.1, 0.15) is 0 Å². The van der Waals surface area contributed by atoms with Crippen molar-refractivity contribution in [3.05, 3.63) is 64.9 Å². The molecule has 0 bridgehead atoms. The van der Waals surface area contributed by atoms with Gasteiger partial charge in [-0.15, -0.1) is 0 Å². The van der Waals surface area contributed by atoms with Gasteiger partial charge in [-0.3, -0.25) is 4.79 Å². The van der Waals surface area contributed by atoms with E-state index < -0.39 is 0 Å². The number of amides is 1. The highest BCUT2D eigenvalue weighted by atomic mass is 79.9. The van der Waals surface area contributed by atoms with Crippen molar-refractivity contribution in [3.63, 3.8) is 0 Å². The monoisotopic (exact) mass is 369 g/mol. The van der Waals surface area contributed by atoms with E-state index in [1.807, 2.05) is 53.7 Å². The predicted octanol–water partition coefficient (Wildman–Crippen LogP) is 3.89. The van der Waals surface area contributed by atoms with E-state index >= 15 is 0 Å². The smallest absolute Gasteiger partial charge is 0.255 e. The lowest BCUT2D eigenvalue weighted by Gasteiger charge is -2.18. The van der Waals surface area contributed by atoms with Crippen LogP contribution < -0.4 is 0 Å². The topological polar surface area (TPSA) is 38.1 Å². The Labute approximate surface area is 142 Å². The van der Waals surface area contributed by atoms with Crippen LogP contribution in [0.4, 0.5) is 0 Å². The Morgan fingerprint density at radius 3 is 2.78 bits per heavy atom. The molecule has 4 nitrogen and oxygen atoms in total. The zero-order valence-corrected chi connectivity index (χ0v) is 14.1. The van der Waals surface area contributed by atoms with Crippen molar-refractivity contribution in [1.82, 2.24) is 14.5 Å². The molecule has 1 aliphatic heterocycles. The molecule has 116 valence electrons. The molecule has 1 aromatic heterocycles. The first-order valence-corrected chi connectivity index (χ1v) is 8.49. The number of halogens is 1. The van der Waals surface area contributed by atoms with Crippen molar-refractivity contribution in [3.8, 4) is 0 Å². The molecule has 1 atom stereocenters. The van der Waals surface area contributed by atoms with Crippen LogP contribution in [0, 0.1) is 0 Å². The van der Waals surface area contributed by atoms with E-state index in [1.165, 1.54) is 0 Å². The normalized spacial score (nSPS) is 17.8. The summed E-state index contributed by atoms with van der Waals surface area (Å²) in [6, 6.07) is 16.0. The maximum atomic E-state index is 12.7. The van der Waals surface area contributed by atoms with Gasteiger partial charge in [-0.1, -0.05) is 24.3 Å². The summed E-state index contributed by atoms with van der Waals surface area (Å²) in [7, 11) is 0. The van der Waals surface area contributed by atoms with Gasteiger partial charge in [0.25, 0.3) is 5.91 Å². The third-order valence-corrected chi connectivity index (χ3v) is 5.12. The Morgan fingerprint density at radius 1 is 1.13 bits per heavy atom. The van der Waals surface area contributed by atoms with Crippen LogP contribution in [-0.2, 0) is 0 Å². The summed E-state index contributed by atoms with van der Waals surface area (Å²) >= 11 is 3.47. The number of likely N-dealkylation sites (tertiary alicyclic amines) is 1. The maximum Gasteiger partial charge on any atom is 0.255 e. The fourth-order valence-electron chi connectivity index (χ4n) is 3.23. The van der Waals surface area contributed by atoms with Crippen LogP contribution in [-0.4, -0.2) is 33.4 Å². The third kappa shape index (κ3) is 2.55. The SMILES string of the molecule is O=C(c1ccccc1Br)N1CC[C@H](n2cnc3ccccc32)C1. The van der Waals surface area contributed by atoms with Gasteiger partial charge in [0.15, 0.2) is 0 Å². The Kier molecular flexibility index (Phi) is 3.65. The quantitative estimate of drug-likeness (QED) is 0.687. The fraction of sp³-hybridized carbons (Fsp3) is 0.222. The van der Waals surface area contributed by atoms with E-state index in [-0.39, 0.29) is 11.9 Å². The molecule has 23 heavy (non-hydrogen) atoms. The number of nitrogens with zero attached hydrogens (tertiary/aromatic N) is 3. The highest BCUT2D eigenvalue weighted by molar-refractivity contribution is 9.10. The summed E-state index contributed by atoms with van der Waals surface area (Å²) in [6.45, 7) is 1.50. The van der Waals surface area contributed by atoms with Crippen molar-refractivity contribution < 1.29 is 4.79 Å². The molecule has 0 saturated carbocycles. The molecule has 0 spiro atoms. The first-order valence-electron chi connectivity index (χ1n) is 7.69. The Bertz CT molecular complexity index is 873. The van der Waals surface area contributed by atoms with Crippen LogP contribution >= 0.6 is 15.9 Å². The lowest BCUT2D eigenvalue weighted by Crippen LogP contribution is -2.29. The predicted molar refractivity (Wildman–Crippen MR) is 93.4 cm³/mol. The average Bonchev–Trinajstić information content (AvgIpc) is 3.21. The van der Waals surface area contributed by atoms with Crippen LogP contribution in [0.3, 0.4) is 0 Å². The van der Waals surface area contributed by atoms with Gasteiger partial charge in [-0.05, 0) is 46.6 Å². The standard InChI is InChI=1S/C18H16BrN3O/c19-15-6-2-1-5-14(15)18(23)21-10-9-13(11-21)22-12-20-16-7-3-4-8-17(16)22/h1-8,12-13H,9-11H2/t13-/m0/s1. The van der Waals surface area contributed by atoms with Gasteiger partial charge in [0.05, 0.1) is 29.0 Å². The van der Waals surface area contributed by atoms with E-state index in [4.69, 9.17) is 0 Å². The summed E-state index contributed by atoms with van der Waals surface area (Å²) in [5.74, 6) is 0.0874. The number of fused-ring (bicyclic) bond motifs is 1. The Hall–Kier alpha value is -2.14. The van der Waals surface area contributed by atoms with Gasteiger partial charge < -0.3 is 9.47 Å². The molecule has 1 fully saturated rings. The highest BCUT2D eigenvalue weighted by Crippen LogP contribution is 2.28. The van der Waals surface area contributed by atoms with Crippen molar-refractivity contribution in [1.29, 1.82) is 0 Å². The molecule has 5 heteroatoms. The molecule has 0 N–H and O–H groups in total. The number of carbonyl (C=O) groups is 1. The minimum Gasteiger partial charge on any atom is -0.336 e. The maximum absolute atomic E-state index is 12.7. The molecule has 2 heterocycles. The van der Waals surface area contributed by atoms with Crippen molar-refractivity contribution >= 4 is 32.9 Å². The van der Waals surface area contributed by atoms with Crippen molar-refractivity contribution in [2.24, 2.45) is 0 Å². The number of carbonyl (C=O) groups excluding carboxylic acids is 1. The molecule has 0 unspecified atom stereocenters. The van der Waals surface area contributed by atoms with Gasteiger partial charge in [0, 0.05) is 17.6 Å². The van der Waals surface area contributed by atoms with Crippen LogP contribution in [0.25, 0.3) is 11.0 Å². The lowest BCUT2D eigenvalue weighted by atomic mass is 10.2. The summed E-state index contributed by atoms with van der Waals surface area (Å²) in [4.78, 5) is 19.1. The molecular weight excluding hydrogens is 354 g/mol. The lowest BCUT2D eigenvalue weighted by molar-refractivity contribution is 0.0787. The number of aromatic nitrogens is 2. The molecular formula is C18H16BrN3O. The molecule has 0 aliphatic carbocycles. The van der Waals surface area contributed by atoms with E-state index in [1.54, 1.807) is 0 Å². The van der Waals surface area contributed by atoms with Crippen LogP contribution in [0.5, 0.6) is 0 Å². The molecule has 0 radical (unpaired) electrons. The number of hydrogen-bond acceptors (Lipinski definition) is 2. The van der Waals surface area contributed by atoms with Gasteiger partial charge >= 0.3 is 0 Å². The Morgan fingerprint density at radius 2 is 1.91 bits per heavy atom. The summed E-state index contributed by atoms with van der Waals surface area (Å²) < 4.78 is 3.05. The van der Waals surface area contributed by atoms with Crippen molar-refractivity contribution in [2.75, 3.05) is 13.1 Å². The van der Waals surface area contributed by atoms with Crippen LogP contribution in [0.15, 0.2) is 59.3 Å². The largest absolute Gasteiger partial charge is 0.336 e. The summed E-state index contributed by atoms with van der Waals surface area (Å²) in [6.07, 6.45) is 2.85. The number of benzene rings is 2. The molecule has 1 aliphatic rings. The second kappa shape index (κ2) is 5.81. The van der Waals surface area contributed by atoms with Gasteiger partial charge in [0.2, 0.25) is 0 Å². The average molecular weight is 370 g/mol. The molecule has 1 saturated heterocycles. The minimum absolute atomic E-state index is 0.0874. The number of imidazole rings is 1. The third-order valence-electron chi connectivity index (χ3n) is 4.43. The minimum atomic E-state index is 0.0874. The molecule has 1 amide bonds. The zero-order chi connectivity index (χ0) is 15.8. The first-order chi connectivity index (χ1) is 11.2. The summed E-state index contributed by atoms with van der Waals surface area (Å²) in [5, 5.41) is 0. The molecule has 3 aromatic rings. The van der Waals surface area contributed by atoms with E-state index in [0.717, 1.165) is 40.6 Å². The molecule has 2 aromatic carbocycles. The van der Waals surface area contributed by atoms with Crippen molar-refractivity contribution in [2.45, 2.75) is 12.5 Å². The van der Waals surface area contributed by atoms with Crippen LogP contribution in [0.2, 0.25) is 0 Å². The second-order valence-corrected chi connectivity index (χ2v) is 6.67. The Balaban J connectivity index is 1.58. The second-order valence-electron chi connectivity index (χ2n) is 5.81. The van der Waals surface area contributed by atoms with E-state index in [9.17, 15) is 4.79 Å². The fourth-order valence-corrected chi connectivity index (χ4v) is 3.68. The molecule has 4 rings (SSSR count).